The summed E-state index contributed by atoms with van der Waals surface area (Å²) in [5.74, 6) is -0.161. The standard InChI is InChI=1S/C25H22N4O5S/c1-16-2-8-20(9-3-16)35(33,34)28-15-18-11-13-26-21-14-22(25(30)24(28)23(18)21)27-12-10-17-4-6-19(7-5-17)29(31)32/h2-9,14-15H,10-13H2,1H3,(H,26,27)/p+1. The fraction of sp³-hybridized carbons (Fsp3) is 0.200. The van der Waals surface area contributed by atoms with Gasteiger partial charge in [-0.2, -0.15) is 8.42 Å². The van der Waals surface area contributed by atoms with Gasteiger partial charge in [0.25, 0.3) is 11.4 Å². The highest BCUT2D eigenvalue weighted by Gasteiger charge is 2.39. The van der Waals surface area contributed by atoms with Crippen LogP contribution >= 0.6 is 0 Å². The van der Waals surface area contributed by atoms with E-state index in [1.807, 2.05) is 6.92 Å². The average molecular weight is 492 g/mol. The van der Waals surface area contributed by atoms with E-state index in [0.717, 1.165) is 20.7 Å². The van der Waals surface area contributed by atoms with E-state index in [-0.39, 0.29) is 22.0 Å². The molecule has 2 aliphatic rings. The number of rotatable bonds is 7. The molecule has 2 heterocycles. The van der Waals surface area contributed by atoms with Gasteiger partial charge in [0.2, 0.25) is 5.75 Å². The molecule has 0 aliphatic carbocycles. The molecule has 0 amide bonds. The van der Waals surface area contributed by atoms with Crippen LogP contribution in [0.4, 0.5) is 17.1 Å². The highest BCUT2D eigenvalue weighted by molar-refractivity contribution is 7.85. The Hall–Kier alpha value is -4.05. The Morgan fingerprint density at radius 3 is 2.54 bits per heavy atom. The van der Waals surface area contributed by atoms with Crippen LogP contribution in [0.2, 0.25) is 0 Å². The van der Waals surface area contributed by atoms with E-state index < -0.39 is 14.9 Å². The van der Waals surface area contributed by atoms with Crippen molar-refractivity contribution >= 4 is 38.9 Å². The number of hydrogen-bond acceptors (Lipinski definition) is 7. The Bertz CT molecular complexity index is 1610. The minimum atomic E-state index is -3.94. The number of aryl methyl sites for hydroxylation is 1. The predicted molar refractivity (Wildman–Crippen MR) is 131 cm³/mol. The molecule has 35 heavy (non-hydrogen) atoms. The van der Waals surface area contributed by atoms with Crippen molar-refractivity contribution in [3.63, 3.8) is 0 Å². The first-order valence-corrected chi connectivity index (χ1v) is 12.6. The maximum absolute atomic E-state index is 13.5. The number of sulfonamides is 1. The van der Waals surface area contributed by atoms with Crippen LogP contribution in [0.15, 0.2) is 64.5 Å². The lowest BCUT2D eigenvalue weighted by Crippen LogP contribution is -2.32. The number of anilines is 1. The van der Waals surface area contributed by atoms with Crippen LogP contribution in [0.25, 0.3) is 5.57 Å². The Balaban J connectivity index is 1.48. The molecule has 0 saturated heterocycles. The van der Waals surface area contributed by atoms with E-state index in [1.165, 1.54) is 12.1 Å². The van der Waals surface area contributed by atoms with Gasteiger partial charge < -0.3 is 10.4 Å². The van der Waals surface area contributed by atoms with Crippen LogP contribution < -0.4 is 15.9 Å². The van der Waals surface area contributed by atoms with E-state index in [4.69, 9.17) is 0 Å². The third-order valence-electron chi connectivity index (χ3n) is 6.19. The number of benzene rings is 3. The highest BCUT2D eigenvalue weighted by Crippen LogP contribution is 2.35. The zero-order valence-corrected chi connectivity index (χ0v) is 19.7. The number of phenols is 1. The second kappa shape index (κ2) is 8.62. The molecule has 3 aromatic rings. The third kappa shape index (κ3) is 4.06. The first-order valence-electron chi connectivity index (χ1n) is 11.1. The summed E-state index contributed by atoms with van der Waals surface area (Å²) in [5, 5.41) is 26.5. The van der Waals surface area contributed by atoms with Crippen molar-refractivity contribution in [3.05, 3.63) is 86.4 Å². The summed E-state index contributed by atoms with van der Waals surface area (Å²) in [6.45, 7) is 2.84. The van der Waals surface area contributed by atoms with Crippen molar-refractivity contribution in [1.82, 2.24) is 0 Å². The molecule has 2 N–H and O–H groups in total. The van der Waals surface area contributed by atoms with Crippen LogP contribution in [-0.4, -0.2) is 41.7 Å². The van der Waals surface area contributed by atoms with Gasteiger partial charge in [0.1, 0.15) is 4.90 Å². The Labute approximate surface area is 201 Å². The fourth-order valence-corrected chi connectivity index (χ4v) is 5.72. The second-order valence-electron chi connectivity index (χ2n) is 8.52. The van der Waals surface area contributed by atoms with Crippen molar-refractivity contribution < 1.29 is 22.4 Å². The summed E-state index contributed by atoms with van der Waals surface area (Å²) < 4.78 is 28.2. The van der Waals surface area contributed by atoms with Gasteiger partial charge >= 0.3 is 10.0 Å². The zero-order valence-electron chi connectivity index (χ0n) is 18.9. The summed E-state index contributed by atoms with van der Waals surface area (Å²) in [6, 6.07) is 14.6. The Morgan fingerprint density at radius 2 is 1.86 bits per heavy atom. The molecular weight excluding hydrogens is 468 g/mol. The van der Waals surface area contributed by atoms with Crippen LogP contribution in [0, 0.1) is 17.0 Å². The van der Waals surface area contributed by atoms with Gasteiger partial charge in [-0.1, -0.05) is 33.8 Å². The minimum Gasteiger partial charge on any atom is -0.501 e. The quantitative estimate of drug-likeness (QED) is 0.227. The van der Waals surface area contributed by atoms with E-state index in [2.05, 4.69) is 10.3 Å². The minimum absolute atomic E-state index is 0.0249. The van der Waals surface area contributed by atoms with Gasteiger partial charge in [0.15, 0.2) is 6.21 Å². The maximum atomic E-state index is 13.5. The summed E-state index contributed by atoms with van der Waals surface area (Å²) in [7, 11) is -3.94. The van der Waals surface area contributed by atoms with Crippen LogP contribution in [0.1, 0.15) is 17.5 Å². The molecule has 178 valence electrons. The lowest BCUT2D eigenvalue weighted by atomic mass is 10.1. The molecule has 2 aliphatic heterocycles. The van der Waals surface area contributed by atoms with Gasteiger partial charge in [0.05, 0.1) is 21.2 Å². The molecule has 10 heteroatoms. The third-order valence-corrected chi connectivity index (χ3v) is 7.86. The first-order chi connectivity index (χ1) is 16.8. The molecule has 0 atom stereocenters. The van der Waals surface area contributed by atoms with Crippen molar-refractivity contribution in [3.8, 4) is 5.75 Å². The molecule has 0 bridgehead atoms. The zero-order chi connectivity index (χ0) is 24.7. The van der Waals surface area contributed by atoms with Gasteiger partial charge in [-0.05, 0) is 43.5 Å². The molecule has 0 aromatic heterocycles. The van der Waals surface area contributed by atoms with E-state index in [0.29, 0.717) is 42.2 Å². The summed E-state index contributed by atoms with van der Waals surface area (Å²) in [4.78, 5) is 15.1. The van der Waals surface area contributed by atoms with E-state index in [1.54, 1.807) is 48.7 Å². The molecule has 0 spiro atoms. The SMILES string of the molecule is Cc1ccc(S(=O)(=O)[N+]2=CC3=c4c2c(O)c(NCCc2ccc([N+](=O)[O-])cc2)cc4=NCC3)cc1. The average Bonchev–Trinajstić information content (AvgIpc) is 3.25. The van der Waals surface area contributed by atoms with Crippen molar-refractivity contribution in [1.29, 1.82) is 0 Å². The fourth-order valence-electron chi connectivity index (χ4n) is 4.33. The molecule has 9 nitrogen and oxygen atoms in total. The van der Waals surface area contributed by atoms with Gasteiger partial charge in [0, 0.05) is 30.8 Å². The van der Waals surface area contributed by atoms with E-state index >= 15 is 0 Å². The number of phenolic OH excluding ortho intramolecular Hbond substituents is 1. The topological polar surface area (TPSA) is 125 Å². The molecule has 0 fully saturated rings. The van der Waals surface area contributed by atoms with Gasteiger partial charge in [-0.3, -0.25) is 15.1 Å². The van der Waals surface area contributed by atoms with Crippen molar-refractivity contribution in [2.75, 3.05) is 18.4 Å². The predicted octanol–water partition coefficient (Wildman–Crippen LogP) is 2.55. The first kappa shape index (κ1) is 22.7. The largest absolute Gasteiger partial charge is 0.501 e. The number of nitro groups is 1. The van der Waals surface area contributed by atoms with Crippen LogP contribution in [0.3, 0.4) is 0 Å². The number of nitrogens with one attached hydrogen (secondary N) is 1. The molecule has 3 aromatic carbocycles. The second-order valence-corrected chi connectivity index (χ2v) is 10.3. The molecular formula is C25H23N4O5S+. The smallest absolute Gasteiger partial charge is 0.400 e. The maximum Gasteiger partial charge on any atom is 0.400 e. The molecule has 0 unspecified atom stereocenters. The normalized spacial score (nSPS) is 14.2. The number of nitrogens with zero attached hydrogens (tertiary/aromatic N) is 3. The van der Waals surface area contributed by atoms with Gasteiger partial charge in [-0.25, -0.2) is 0 Å². The lowest BCUT2D eigenvalue weighted by molar-refractivity contribution is -0.384. The summed E-state index contributed by atoms with van der Waals surface area (Å²) in [5.41, 5.74) is 3.28. The molecule has 5 rings (SSSR count). The van der Waals surface area contributed by atoms with Crippen molar-refractivity contribution in [2.45, 2.75) is 24.7 Å². The summed E-state index contributed by atoms with van der Waals surface area (Å²) >= 11 is 0. The van der Waals surface area contributed by atoms with E-state index in [9.17, 15) is 23.6 Å². The molecule has 0 saturated carbocycles. The van der Waals surface area contributed by atoms with Gasteiger partial charge in [-0.15, -0.1) is 0 Å². The lowest BCUT2D eigenvalue weighted by Gasteiger charge is -2.11. The monoisotopic (exact) mass is 491 g/mol. The highest BCUT2D eigenvalue weighted by atomic mass is 32.2. The molecule has 0 radical (unpaired) electrons. The summed E-state index contributed by atoms with van der Waals surface area (Å²) in [6.07, 6.45) is 2.72. The van der Waals surface area contributed by atoms with Crippen LogP contribution in [0.5, 0.6) is 5.75 Å². The van der Waals surface area contributed by atoms with Crippen molar-refractivity contribution in [2.24, 2.45) is 4.99 Å². The van der Waals surface area contributed by atoms with Crippen LogP contribution in [-0.2, 0) is 16.4 Å². The Kier molecular flexibility index (Phi) is 5.60. The number of non-ortho nitro benzene ring substituents is 1. The number of aromatic hydroxyl groups is 1. The number of hydrogen-bond donors (Lipinski definition) is 2. The Morgan fingerprint density at radius 1 is 1.14 bits per heavy atom. The number of nitro benzene ring substituents is 1.